The highest BCUT2D eigenvalue weighted by atomic mass is 19.1. The summed E-state index contributed by atoms with van der Waals surface area (Å²) in [6.45, 7) is 5.36. The quantitative estimate of drug-likeness (QED) is 0.815. The van der Waals surface area contributed by atoms with E-state index in [-0.39, 0.29) is 23.4 Å². The number of rotatable bonds is 1. The average Bonchev–Trinajstić information content (AvgIpc) is 2.17. The lowest BCUT2D eigenvalue weighted by atomic mass is 9.89. The van der Waals surface area contributed by atoms with Crippen molar-refractivity contribution in [3.8, 4) is 5.75 Å². The van der Waals surface area contributed by atoms with E-state index in [4.69, 9.17) is 4.74 Å². The zero-order valence-corrected chi connectivity index (χ0v) is 10.2. The van der Waals surface area contributed by atoms with E-state index in [9.17, 15) is 9.18 Å². The number of carbonyl (C=O) groups excluding carboxylic acids is 1. The molecular formula is C13H16FNO2. The van der Waals surface area contributed by atoms with Crippen LogP contribution in [0.15, 0.2) is 18.2 Å². The number of carbonyl (C=O) groups is 1. The van der Waals surface area contributed by atoms with Crippen molar-refractivity contribution in [2.75, 3.05) is 0 Å². The molecule has 1 aliphatic heterocycles. The highest BCUT2D eigenvalue weighted by molar-refractivity contribution is 5.73. The summed E-state index contributed by atoms with van der Waals surface area (Å²) in [5.74, 6) is 0.201. The van der Waals surface area contributed by atoms with Crippen LogP contribution in [-0.4, -0.2) is 11.5 Å². The van der Waals surface area contributed by atoms with Gasteiger partial charge in [0.1, 0.15) is 17.2 Å². The number of hydrogen-bond acceptors (Lipinski definition) is 2. The molecule has 1 atom stereocenters. The van der Waals surface area contributed by atoms with E-state index < -0.39 is 0 Å². The number of nitrogens with one attached hydrogen (secondary N) is 1. The third-order valence-corrected chi connectivity index (χ3v) is 2.81. The Bertz CT molecular complexity index is 457. The first kappa shape index (κ1) is 11.9. The van der Waals surface area contributed by atoms with Crippen LogP contribution < -0.4 is 10.1 Å². The van der Waals surface area contributed by atoms with Crippen LogP contribution >= 0.6 is 0 Å². The van der Waals surface area contributed by atoms with Gasteiger partial charge in [-0.05, 0) is 32.0 Å². The Hall–Kier alpha value is -1.58. The van der Waals surface area contributed by atoms with Gasteiger partial charge in [0, 0.05) is 18.9 Å². The number of hydrogen-bond donors (Lipinski definition) is 1. The Balaban J connectivity index is 2.40. The summed E-state index contributed by atoms with van der Waals surface area (Å²) < 4.78 is 19.0. The van der Waals surface area contributed by atoms with Crippen molar-refractivity contribution in [1.29, 1.82) is 0 Å². The Morgan fingerprint density at radius 3 is 2.88 bits per heavy atom. The van der Waals surface area contributed by atoms with Crippen molar-refractivity contribution in [2.24, 2.45) is 0 Å². The molecule has 92 valence electrons. The molecule has 0 bridgehead atoms. The molecule has 0 aliphatic carbocycles. The fourth-order valence-electron chi connectivity index (χ4n) is 2.20. The van der Waals surface area contributed by atoms with E-state index in [1.54, 1.807) is 6.07 Å². The number of amides is 1. The van der Waals surface area contributed by atoms with Crippen LogP contribution in [0.5, 0.6) is 5.75 Å². The molecule has 0 saturated heterocycles. The van der Waals surface area contributed by atoms with Gasteiger partial charge in [0.05, 0.1) is 6.04 Å². The van der Waals surface area contributed by atoms with Gasteiger partial charge in [-0.1, -0.05) is 0 Å². The van der Waals surface area contributed by atoms with Crippen molar-refractivity contribution in [2.45, 2.75) is 38.8 Å². The molecule has 1 aromatic carbocycles. The second-order valence-electron chi connectivity index (χ2n) is 5.00. The number of ether oxygens (including phenoxy) is 1. The highest BCUT2D eigenvalue weighted by Gasteiger charge is 2.34. The van der Waals surface area contributed by atoms with E-state index in [2.05, 4.69) is 5.32 Å². The van der Waals surface area contributed by atoms with Crippen molar-refractivity contribution >= 4 is 5.91 Å². The summed E-state index contributed by atoms with van der Waals surface area (Å²) in [5, 5.41) is 2.84. The molecule has 1 N–H and O–H groups in total. The van der Waals surface area contributed by atoms with Crippen molar-refractivity contribution in [1.82, 2.24) is 5.32 Å². The lowest BCUT2D eigenvalue weighted by Gasteiger charge is -2.37. The standard InChI is InChI=1S/C13H16FNO2/c1-8(16)15-11-7-13(2,3)17-12-5-4-9(14)6-10(11)12/h4-6,11H,7H2,1-3H3,(H,15,16). The summed E-state index contributed by atoms with van der Waals surface area (Å²) >= 11 is 0. The highest BCUT2D eigenvalue weighted by Crippen LogP contribution is 2.39. The first-order chi connectivity index (χ1) is 7.87. The molecule has 0 fully saturated rings. The molecule has 4 heteroatoms. The maximum absolute atomic E-state index is 13.2. The predicted octanol–water partition coefficient (Wildman–Crippen LogP) is 2.56. The molecule has 0 saturated carbocycles. The minimum Gasteiger partial charge on any atom is -0.487 e. The Morgan fingerprint density at radius 1 is 1.53 bits per heavy atom. The number of fused-ring (bicyclic) bond motifs is 1. The largest absolute Gasteiger partial charge is 0.487 e. The third-order valence-electron chi connectivity index (χ3n) is 2.81. The SMILES string of the molecule is CC(=O)NC1CC(C)(C)Oc2ccc(F)cc21. The van der Waals surface area contributed by atoms with Crippen molar-refractivity contribution in [3.05, 3.63) is 29.6 Å². The van der Waals surface area contributed by atoms with Gasteiger partial charge < -0.3 is 10.1 Å². The normalized spacial score (nSPS) is 21.3. The van der Waals surface area contributed by atoms with Gasteiger partial charge in [-0.2, -0.15) is 0 Å². The monoisotopic (exact) mass is 237 g/mol. The fourth-order valence-corrected chi connectivity index (χ4v) is 2.20. The van der Waals surface area contributed by atoms with Crippen LogP contribution in [-0.2, 0) is 4.79 Å². The van der Waals surface area contributed by atoms with Crippen molar-refractivity contribution < 1.29 is 13.9 Å². The lowest BCUT2D eigenvalue weighted by molar-refractivity contribution is -0.120. The molecule has 1 heterocycles. The Morgan fingerprint density at radius 2 is 2.24 bits per heavy atom. The van der Waals surface area contributed by atoms with Gasteiger partial charge >= 0.3 is 0 Å². The van der Waals surface area contributed by atoms with Gasteiger partial charge in [0.15, 0.2) is 0 Å². The van der Waals surface area contributed by atoms with Crippen LogP contribution in [0.25, 0.3) is 0 Å². The van der Waals surface area contributed by atoms with Gasteiger partial charge in [-0.15, -0.1) is 0 Å². The van der Waals surface area contributed by atoms with Crippen LogP contribution in [0.2, 0.25) is 0 Å². The van der Waals surface area contributed by atoms with Crippen LogP contribution in [0.1, 0.15) is 38.8 Å². The maximum atomic E-state index is 13.2. The average molecular weight is 237 g/mol. The minimum atomic E-state index is -0.363. The van der Waals surface area contributed by atoms with Gasteiger partial charge in [-0.25, -0.2) is 4.39 Å². The molecule has 1 unspecified atom stereocenters. The van der Waals surface area contributed by atoms with Gasteiger partial charge in [0.2, 0.25) is 5.91 Å². The molecular weight excluding hydrogens is 221 g/mol. The number of benzene rings is 1. The molecule has 1 aliphatic rings. The van der Waals surface area contributed by atoms with E-state index in [0.717, 1.165) is 0 Å². The predicted molar refractivity (Wildman–Crippen MR) is 62.3 cm³/mol. The molecule has 1 amide bonds. The Labute approximate surface area is 100.0 Å². The van der Waals surface area contributed by atoms with E-state index in [0.29, 0.717) is 17.7 Å². The topological polar surface area (TPSA) is 38.3 Å². The van der Waals surface area contributed by atoms with Crippen LogP contribution in [0.4, 0.5) is 4.39 Å². The minimum absolute atomic E-state index is 0.122. The maximum Gasteiger partial charge on any atom is 0.217 e. The third kappa shape index (κ3) is 2.57. The molecule has 0 aromatic heterocycles. The lowest BCUT2D eigenvalue weighted by Crippen LogP contribution is -2.40. The molecule has 17 heavy (non-hydrogen) atoms. The van der Waals surface area contributed by atoms with Crippen LogP contribution in [0.3, 0.4) is 0 Å². The summed E-state index contributed by atoms with van der Waals surface area (Å²) in [6.07, 6.45) is 0.628. The second-order valence-corrected chi connectivity index (χ2v) is 5.00. The zero-order valence-electron chi connectivity index (χ0n) is 10.2. The summed E-state index contributed by atoms with van der Waals surface area (Å²) in [7, 11) is 0. The number of halogens is 1. The molecule has 3 nitrogen and oxygen atoms in total. The van der Waals surface area contributed by atoms with E-state index >= 15 is 0 Å². The zero-order chi connectivity index (χ0) is 12.6. The summed E-state index contributed by atoms with van der Waals surface area (Å²) in [6, 6.07) is 4.21. The van der Waals surface area contributed by atoms with Crippen LogP contribution in [0, 0.1) is 5.82 Å². The molecule has 0 radical (unpaired) electrons. The second kappa shape index (κ2) is 4.02. The molecule has 1 aromatic rings. The summed E-state index contributed by atoms with van der Waals surface area (Å²) in [4.78, 5) is 11.2. The first-order valence-corrected chi connectivity index (χ1v) is 5.63. The first-order valence-electron chi connectivity index (χ1n) is 5.63. The van der Waals surface area contributed by atoms with Crippen molar-refractivity contribution in [3.63, 3.8) is 0 Å². The molecule has 0 spiro atoms. The Kier molecular flexibility index (Phi) is 2.81. The van der Waals surface area contributed by atoms with E-state index in [1.165, 1.54) is 19.1 Å². The smallest absolute Gasteiger partial charge is 0.217 e. The van der Waals surface area contributed by atoms with Gasteiger partial charge in [0.25, 0.3) is 0 Å². The van der Waals surface area contributed by atoms with Gasteiger partial charge in [-0.3, -0.25) is 4.79 Å². The summed E-state index contributed by atoms with van der Waals surface area (Å²) in [5.41, 5.74) is 0.345. The van der Waals surface area contributed by atoms with E-state index in [1.807, 2.05) is 13.8 Å². The molecule has 2 rings (SSSR count). The fraction of sp³-hybridized carbons (Fsp3) is 0.462.